The molecule has 1 amide bonds. The number of piperidine rings is 1. The van der Waals surface area contributed by atoms with Crippen LogP contribution in [0.4, 0.5) is 0 Å². The second-order valence-corrected chi connectivity index (χ2v) is 8.13. The van der Waals surface area contributed by atoms with E-state index in [4.69, 9.17) is 0 Å². The highest BCUT2D eigenvalue weighted by molar-refractivity contribution is 5.77. The third-order valence-electron chi connectivity index (χ3n) is 6.57. The van der Waals surface area contributed by atoms with Gasteiger partial charge in [0, 0.05) is 44.1 Å². The summed E-state index contributed by atoms with van der Waals surface area (Å²) in [5, 5.41) is 9.31. The second kappa shape index (κ2) is 8.46. The van der Waals surface area contributed by atoms with Gasteiger partial charge in [-0.15, -0.1) is 0 Å². The molecule has 0 radical (unpaired) electrons. The number of nitrogens with zero attached hydrogens (tertiary/aromatic N) is 2. The molecule has 0 aliphatic carbocycles. The highest BCUT2D eigenvalue weighted by atomic mass is 16.3. The highest BCUT2D eigenvalue weighted by Gasteiger charge is 2.45. The van der Waals surface area contributed by atoms with Gasteiger partial charge < -0.3 is 10.0 Å². The monoisotopic (exact) mass is 378 g/mol. The Morgan fingerprint density at radius 3 is 2.46 bits per heavy atom. The SMILES string of the molecule is CCc1ccc([C@@H]2CN(Cc3ccccc3)[C@H]3CCN(C(=O)CO)C[C@@H]23)cc1. The number of aliphatic hydroxyl groups is 1. The highest BCUT2D eigenvalue weighted by Crippen LogP contribution is 2.42. The minimum absolute atomic E-state index is 0.139. The van der Waals surface area contributed by atoms with E-state index in [0.29, 0.717) is 17.9 Å². The van der Waals surface area contributed by atoms with Gasteiger partial charge in [0.05, 0.1) is 0 Å². The number of carbonyl (C=O) groups excluding carboxylic acids is 1. The average Bonchev–Trinajstić information content (AvgIpc) is 3.11. The van der Waals surface area contributed by atoms with Gasteiger partial charge in [-0.1, -0.05) is 61.5 Å². The zero-order valence-electron chi connectivity index (χ0n) is 16.6. The van der Waals surface area contributed by atoms with E-state index in [1.54, 1.807) is 0 Å². The molecule has 2 aliphatic heterocycles. The van der Waals surface area contributed by atoms with Crippen molar-refractivity contribution in [2.45, 2.75) is 38.3 Å². The van der Waals surface area contributed by atoms with Crippen LogP contribution in [-0.2, 0) is 17.8 Å². The molecule has 2 aliphatic rings. The summed E-state index contributed by atoms with van der Waals surface area (Å²) in [4.78, 5) is 16.6. The molecule has 2 fully saturated rings. The van der Waals surface area contributed by atoms with Crippen LogP contribution in [0.15, 0.2) is 54.6 Å². The molecule has 4 rings (SSSR count). The van der Waals surface area contributed by atoms with E-state index < -0.39 is 0 Å². The Morgan fingerprint density at radius 2 is 1.79 bits per heavy atom. The van der Waals surface area contributed by atoms with Gasteiger partial charge in [-0.05, 0) is 29.5 Å². The number of carbonyl (C=O) groups is 1. The minimum Gasteiger partial charge on any atom is -0.387 e. The minimum atomic E-state index is -0.388. The van der Waals surface area contributed by atoms with E-state index in [1.807, 2.05) is 4.90 Å². The summed E-state index contributed by atoms with van der Waals surface area (Å²) in [6.07, 6.45) is 2.03. The van der Waals surface area contributed by atoms with Crippen molar-refractivity contribution >= 4 is 5.91 Å². The number of benzene rings is 2. The molecule has 1 N–H and O–H groups in total. The number of rotatable bonds is 5. The van der Waals surface area contributed by atoms with Crippen LogP contribution in [0.25, 0.3) is 0 Å². The van der Waals surface area contributed by atoms with Crippen LogP contribution in [0.1, 0.15) is 36.0 Å². The molecular weight excluding hydrogens is 348 g/mol. The number of aryl methyl sites for hydroxylation is 1. The van der Waals surface area contributed by atoms with Crippen LogP contribution < -0.4 is 0 Å². The maximum absolute atomic E-state index is 12.1. The van der Waals surface area contributed by atoms with Gasteiger partial charge in [-0.3, -0.25) is 9.69 Å². The molecule has 2 saturated heterocycles. The fourth-order valence-electron chi connectivity index (χ4n) is 5.02. The van der Waals surface area contributed by atoms with Crippen LogP contribution in [0.3, 0.4) is 0 Å². The zero-order valence-corrected chi connectivity index (χ0v) is 16.6. The number of hydrogen-bond donors (Lipinski definition) is 1. The second-order valence-electron chi connectivity index (χ2n) is 8.13. The zero-order chi connectivity index (χ0) is 19.5. The molecule has 0 aromatic heterocycles. The maximum Gasteiger partial charge on any atom is 0.248 e. The fourth-order valence-corrected chi connectivity index (χ4v) is 5.02. The van der Waals surface area contributed by atoms with Gasteiger partial charge in [-0.25, -0.2) is 0 Å². The van der Waals surface area contributed by atoms with Crippen molar-refractivity contribution in [3.05, 3.63) is 71.3 Å². The molecule has 2 aromatic rings. The van der Waals surface area contributed by atoms with Crippen molar-refractivity contribution in [2.24, 2.45) is 5.92 Å². The topological polar surface area (TPSA) is 43.8 Å². The van der Waals surface area contributed by atoms with Gasteiger partial charge in [0.1, 0.15) is 6.61 Å². The molecule has 4 nitrogen and oxygen atoms in total. The summed E-state index contributed by atoms with van der Waals surface area (Å²) in [6, 6.07) is 20.2. The molecular formula is C24H30N2O2. The summed E-state index contributed by atoms with van der Waals surface area (Å²) in [5.41, 5.74) is 4.08. The van der Waals surface area contributed by atoms with Crippen LogP contribution in [0.2, 0.25) is 0 Å². The number of amides is 1. The van der Waals surface area contributed by atoms with Crippen LogP contribution >= 0.6 is 0 Å². The van der Waals surface area contributed by atoms with Gasteiger partial charge in [-0.2, -0.15) is 0 Å². The van der Waals surface area contributed by atoms with Crippen molar-refractivity contribution < 1.29 is 9.90 Å². The van der Waals surface area contributed by atoms with E-state index in [0.717, 1.165) is 39.0 Å². The maximum atomic E-state index is 12.1. The van der Waals surface area contributed by atoms with Crippen LogP contribution in [0, 0.1) is 5.92 Å². The van der Waals surface area contributed by atoms with Gasteiger partial charge in [0.15, 0.2) is 0 Å². The third kappa shape index (κ3) is 3.85. The van der Waals surface area contributed by atoms with Crippen molar-refractivity contribution in [1.29, 1.82) is 0 Å². The summed E-state index contributed by atoms with van der Waals surface area (Å²) in [5.74, 6) is 0.703. The van der Waals surface area contributed by atoms with Gasteiger partial charge in [0.25, 0.3) is 0 Å². The smallest absolute Gasteiger partial charge is 0.248 e. The van der Waals surface area contributed by atoms with Crippen molar-refractivity contribution in [2.75, 3.05) is 26.2 Å². The lowest BCUT2D eigenvalue weighted by Crippen LogP contribution is -2.49. The number of hydrogen-bond acceptors (Lipinski definition) is 3. The summed E-state index contributed by atoms with van der Waals surface area (Å²) >= 11 is 0. The van der Waals surface area contributed by atoms with Gasteiger partial charge in [0.2, 0.25) is 5.91 Å². The molecule has 28 heavy (non-hydrogen) atoms. The molecule has 3 atom stereocenters. The van der Waals surface area contributed by atoms with E-state index in [9.17, 15) is 9.90 Å². The standard InChI is InChI=1S/C24H30N2O2/c1-2-18-8-10-20(11-9-18)21-15-26(14-19-6-4-3-5-7-19)23-12-13-25(16-22(21)23)24(28)17-27/h3-11,21-23,27H,2,12-17H2,1H3/t21-,22-,23-/m0/s1. The van der Waals surface area contributed by atoms with Crippen molar-refractivity contribution in [3.8, 4) is 0 Å². The Bertz CT molecular complexity index is 790. The van der Waals surface area contributed by atoms with Crippen molar-refractivity contribution in [1.82, 2.24) is 9.80 Å². The third-order valence-corrected chi connectivity index (χ3v) is 6.57. The molecule has 0 spiro atoms. The van der Waals surface area contributed by atoms with Crippen LogP contribution in [-0.4, -0.2) is 53.1 Å². The van der Waals surface area contributed by atoms with Gasteiger partial charge >= 0.3 is 0 Å². The number of fused-ring (bicyclic) bond motifs is 1. The summed E-state index contributed by atoms with van der Waals surface area (Å²) in [6.45, 7) is 5.27. The predicted molar refractivity (Wildman–Crippen MR) is 111 cm³/mol. The normalized spacial score (nSPS) is 24.9. The Kier molecular flexibility index (Phi) is 5.79. The average molecular weight is 379 g/mol. The molecule has 0 saturated carbocycles. The summed E-state index contributed by atoms with van der Waals surface area (Å²) in [7, 11) is 0. The predicted octanol–water partition coefficient (Wildman–Crippen LogP) is 3.06. The lowest BCUT2D eigenvalue weighted by Gasteiger charge is -2.39. The van der Waals surface area contributed by atoms with E-state index in [2.05, 4.69) is 66.4 Å². The molecule has 2 heterocycles. The summed E-state index contributed by atoms with van der Waals surface area (Å²) < 4.78 is 0. The largest absolute Gasteiger partial charge is 0.387 e. The van der Waals surface area contributed by atoms with E-state index in [-0.39, 0.29) is 12.5 Å². The first-order valence-electron chi connectivity index (χ1n) is 10.4. The molecule has 0 bridgehead atoms. The first-order chi connectivity index (χ1) is 13.7. The first-order valence-corrected chi connectivity index (χ1v) is 10.4. The lowest BCUT2D eigenvalue weighted by atomic mass is 9.81. The Hall–Kier alpha value is -2.17. The van der Waals surface area contributed by atoms with E-state index >= 15 is 0 Å². The lowest BCUT2D eigenvalue weighted by molar-refractivity contribution is -0.136. The van der Waals surface area contributed by atoms with E-state index in [1.165, 1.54) is 16.7 Å². The van der Waals surface area contributed by atoms with Crippen molar-refractivity contribution in [3.63, 3.8) is 0 Å². The molecule has 148 valence electrons. The molecule has 2 aromatic carbocycles. The quantitative estimate of drug-likeness (QED) is 0.870. The first kappa shape index (κ1) is 19.2. The fraction of sp³-hybridized carbons (Fsp3) is 0.458. The number of likely N-dealkylation sites (tertiary alicyclic amines) is 2. The Labute approximate surface area is 167 Å². The molecule has 0 unspecified atom stereocenters. The van der Waals surface area contributed by atoms with Crippen LogP contribution in [0.5, 0.6) is 0 Å². The Balaban J connectivity index is 1.59. The molecule has 4 heteroatoms. The Morgan fingerprint density at radius 1 is 1.04 bits per heavy atom. The number of aliphatic hydroxyl groups excluding tert-OH is 1.